The Kier molecular flexibility index (Phi) is 2.51. The van der Waals surface area contributed by atoms with Crippen LogP contribution in [0.5, 0.6) is 0 Å². The van der Waals surface area contributed by atoms with Crippen molar-refractivity contribution in [2.75, 3.05) is 0 Å². The summed E-state index contributed by atoms with van der Waals surface area (Å²) in [5.41, 5.74) is 0.499. The molecule has 1 heterocycles. The van der Waals surface area contributed by atoms with Crippen molar-refractivity contribution in [1.29, 1.82) is 0 Å². The van der Waals surface area contributed by atoms with Gasteiger partial charge in [0.1, 0.15) is 5.60 Å². The Morgan fingerprint density at radius 1 is 1.38 bits per heavy atom. The van der Waals surface area contributed by atoms with E-state index in [2.05, 4.69) is 16.5 Å². The van der Waals surface area contributed by atoms with Gasteiger partial charge < -0.3 is 5.11 Å². The highest BCUT2D eigenvalue weighted by Crippen LogP contribution is 2.65. The van der Waals surface area contributed by atoms with Gasteiger partial charge in [0.25, 0.3) is 0 Å². The lowest BCUT2D eigenvalue weighted by atomic mass is 10.0. The molecule has 0 saturated heterocycles. The molecule has 2 unspecified atom stereocenters. The third kappa shape index (κ3) is 1.36. The van der Waals surface area contributed by atoms with Crippen LogP contribution in [-0.4, -0.2) is 14.7 Å². The van der Waals surface area contributed by atoms with Gasteiger partial charge in [-0.1, -0.05) is 30.7 Å². The van der Waals surface area contributed by atoms with Crippen LogP contribution >= 0.6 is 11.5 Å². The Labute approximate surface area is 100 Å². The van der Waals surface area contributed by atoms with Crippen molar-refractivity contribution in [2.24, 2.45) is 11.8 Å². The van der Waals surface area contributed by atoms with E-state index >= 15 is 0 Å². The molecular formula is C12H18N2OS. The van der Waals surface area contributed by atoms with Crippen LogP contribution in [-0.2, 0) is 12.0 Å². The minimum atomic E-state index is -0.546. The molecule has 0 spiro atoms. The molecule has 0 bridgehead atoms. The second kappa shape index (κ2) is 3.77. The highest BCUT2D eigenvalue weighted by molar-refractivity contribution is 7.05. The van der Waals surface area contributed by atoms with Crippen LogP contribution in [0.4, 0.5) is 0 Å². The zero-order valence-electron chi connectivity index (χ0n) is 9.65. The fraction of sp³-hybridized carbons (Fsp3) is 0.833. The largest absolute Gasteiger partial charge is 0.384 e. The highest BCUT2D eigenvalue weighted by atomic mass is 32.1. The van der Waals surface area contributed by atoms with E-state index in [9.17, 15) is 5.11 Å². The second-order valence-electron chi connectivity index (χ2n) is 5.12. The average Bonchev–Trinajstić information content (AvgIpc) is 2.71. The van der Waals surface area contributed by atoms with E-state index in [1.165, 1.54) is 37.2 Å². The fourth-order valence-electron chi connectivity index (χ4n) is 3.34. The van der Waals surface area contributed by atoms with E-state index < -0.39 is 5.60 Å². The topological polar surface area (TPSA) is 46.0 Å². The van der Waals surface area contributed by atoms with E-state index in [1.807, 2.05) is 0 Å². The molecule has 88 valence electrons. The Balaban J connectivity index is 1.89. The first-order valence-corrected chi connectivity index (χ1v) is 7.10. The molecule has 0 radical (unpaired) electrons. The highest BCUT2D eigenvalue weighted by Gasteiger charge is 2.66. The van der Waals surface area contributed by atoms with E-state index in [4.69, 9.17) is 0 Å². The summed E-state index contributed by atoms with van der Waals surface area (Å²) >= 11 is 1.41. The first-order chi connectivity index (χ1) is 7.78. The SMILES string of the molecule is CCCc1nnsc1C1(O)C2CCCCC21. The van der Waals surface area contributed by atoms with Crippen molar-refractivity contribution in [2.45, 2.75) is 51.0 Å². The number of aryl methyl sites for hydroxylation is 1. The van der Waals surface area contributed by atoms with E-state index in [0.29, 0.717) is 11.8 Å². The quantitative estimate of drug-likeness (QED) is 0.880. The Morgan fingerprint density at radius 2 is 2.06 bits per heavy atom. The molecule has 1 aromatic rings. The predicted octanol–water partition coefficient (Wildman–Crippen LogP) is 2.50. The first kappa shape index (κ1) is 10.7. The average molecular weight is 238 g/mol. The summed E-state index contributed by atoms with van der Waals surface area (Å²) in [5.74, 6) is 0.998. The normalized spacial score (nSPS) is 37.1. The summed E-state index contributed by atoms with van der Waals surface area (Å²) in [4.78, 5) is 1.08. The fourth-order valence-corrected chi connectivity index (χ4v) is 4.26. The molecule has 2 aliphatic carbocycles. The maximum atomic E-state index is 10.8. The zero-order valence-corrected chi connectivity index (χ0v) is 10.5. The molecule has 2 aliphatic rings. The van der Waals surface area contributed by atoms with Crippen LogP contribution in [0.15, 0.2) is 0 Å². The van der Waals surface area contributed by atoms with Gasteiger partial charge in [0.05, 0.1) is 10.6 Å². The maximum Gasteiger partial charge on any atom is 0.109 e. The number of rotatable bonds is 3. The van der Waals surface area contributed by atoms with Crippen LogP contribution in [0.1, 0.15) is 49.6 Å². The van der Waals surface area contributed by atoms with Crippen molar-refractivity contribution in [3.05, 3.63) is 10.6 Å². The van der Waals surface area contributed by atoms with Gasteiger partial charge in [0.15, 0.2) is 0 Å². The first-order valence-electron chi connectivity index (χ1n) is 6.32. The van der Waals surface area contributed by atoms with Crippen LogP contribution < -0.4 is 0 Å². The lowest BCUT2D eigenvalue weighted by Crippen LogP contribution is -2.11. The summed E-state index contributed by atoms with van der Waals surface area (Å²) in [6.07, 6.45) is 6.95. The molecule has 1 N–H and O–H groups in total. The summed E-state index contributed by atoms with van der Waals surface area (Å²) in [6.45, 7) is 2.15. The molecule has 4 heteroatoms. The molecule has 2 atom stereocenters. The summed E-state index contributed by atoms with van der Waals surface area (Å²) in [7, 11) is 0. The Hall–Kier alpha value is -0.480. The summed E-state index contributed by atoms with van der Waals surface area (Å²) < 4.78 is 4.04. The lowest BCUT2D eigenvalue weighted by molar-refractivity contribution is 0.120. The molecule has 3 rings (SSSR count). The maximum absolute atomic E-state index is 10.8. The lowest BCUT2D eigenvalue weighted by Gasteiger charge is -2.08. The molecule has 2 saturated carbocycles. The van der Waals surface area contributed by atoms with E-state index in [1.54, 1.807) is 0 Å². The third-order valence-corrected chi connectivity index (χ3v) is 5.10. The molecular weight excluding hydrogens is 220 g/mol. The van der Waals surface area contributed by atoms with Gasteiger partial charge >= 0.3 is 0 Å². The number of aromatic nitrogens is 2. The minimum absolute atomic E-state index is 0.499. The molecule has 2 fully saturated rings. The van der Waals surface area contributed by atoms with Crippen LogP contribution in [0.3, 0.4) is 0 Å². The molecule has 1 aromatic heterocycles. The van der Waals surface area contributed by atoms with Crippen LogP contribution in [0.2, 0.25) is 0 Å². The predicted molar refractivity (Wildman–Crippen MR) is 63.2 cm³/mol. The van der Waals surface area contributed by atoms with Gasteiger partial charge in [-0.3, -0.25) is 0 Å². The second-order valence-corrected chi connectivity index (χ2v) is 5.88. The Bertz CT molecular complexity index is 378. The van der Waals surface area contributed by atoms with E-state index in [-0.39, 0.29) is 0 Å². The molecule has 16 heavy (non-hydrogen) atoms. The summed E-state index contributed by atoms with van der Waals surface area (Å²) in [5, 5.41) is 15.0. The van der Waals surface area contributed by atoms with Crippen molar-refractivity contribution in [1.82, 2.24) is 9.59 Å². The number of fused-ring (bicyclic) bond motifs is 1. The van der Waals surface area contributed by atoms with Gasteiger partial charge in [0, 0.05) is 0 Å². The van der Waals surface area contributed by atoms with Crippen molar-refractivity contribution in [3.63, 3.8) is 0 Å². The molecule has 0 amide bonds. The summed E-state index contributed by atoms with van der Waals surface area (Å²) in [6, 6.07) is 0. The van der Waals surface area contributed by atoms with Gasteiger partial charge in [-0.25, -0.2) is 0 Å². The molecule has 0 aliphatic heterocycles. The monoisotopic (exact) mass is 238 g/mol. The minimum Gasteiger partial charge on any atom is -0.384 e. The van der Waals surface area contributed by atoms with Crippen molar-refractivity contribution < 1.29 is 5.11 Å². The van der Waals surface area contributed by atoms with Crippen molar-refractivity contribution >= 4 is 11.5 Å². The number of nitrogens with zero attached hydrogens (tertiary/aromatic N) is 2. The zero-order chi connectivity index (χ0) is 11.2. The van der Waals surface area contributed by atoms with Gasteiger partial charge in [0.2, 0.25) is 0 Å². The van der Waals surface area contributed by atoms with Crippen LogP contribution in [0, 0.1) is 11.8 Å². The number of hydrogen-bond acceptors (Lipinski definition) is 4. The van der Waals surface area contributed by atoms with E-state index in [0.717, 1.165) is 23.4 Å². The van der Waals surface area contributed by atoms with Crippen LogP contribution in [0.25, 0.3) is 0 Å². The van der Waals surface area contributed by atoms with Crippen molar-refractivity contribution in [3.8, 4) is 0 Å². The Morgan fingerprint density at radius 3 is 2.69 bits per heavy atom. The standard InChI is InChI=1S/C12H18N2OS/c1-2-5-10-11(16-14-13-10)12(15)8-6-3-4-7-9(8)12/h8-9,15H,2-7H2,1H3. The third-order valence-electron chi connectivity index (χ3n) is 4.19. The van der Waals surface area contributed by atoms with Gasteiger partial charge in [-0.15, -0.1) is 5.10 Å². The van der Waals surface area contributed by atoms with Gasteiger partial charge in [-0.2, -0.15) is 0 Å². The smallest absolute Gasteiger partial charge is 0.109 e. The number of hydrogen-bond donors (Lipinski definition) is 1. The number of aliphatic hydroxyl groups is 1. The molecule has 3 nitrogen and oxygen atoms in total. The van der Waals surface area contributed by atoms with Gasteiger partial charge in [-0.05, 0) is 42.6 Å². The molecule has 0 aromatic carbocycles.